The van der Waals surface area contributed by atoms with Crippen molar-refractivity contribution in [1.29, 1.82) is 0 Å². The summed E-state index contributed by atoms with van der Waals surface area (Å²) in [4.78, 5) is 26.2. The molecule has 0 bridgehead atoms. The Morgan fingerprint density at radius 2 is 2.21 bits per heavy atom. The van der Waals surface area contributed by atoms with Gasteiger partial charge in [0.25, 0.3) is 5.91 Å². The third-order valence-corrected chi connectivity index (χ3v) is 4.64. The quantitative estimate of drug-likeness (QED) is 0.791. The Kier molecular flexibility index (Phi) is 6.20. The molecule has 24 heavy (non-hydrogen) atoms. The van der Waals surface area contributed by atoms with Crippen LogP contribution >= 0.6 is 0 Å². The van der Waals surface area contributed by atoms with E-state index in [-0.39, 0.29) is 30.4 Å². The van der Waals surface area contributed by atoms with Crippen LogP contribution in [0.3, 0.4) is 0 Å². The highest BCUT2D eigenvalue weighted by atomic mass is 16.5. The Labute approximate surface area is 142 Å². The van der Waals surface area contributed by atoms with Crippen molar-refractivity contribution in [2.24, 2.45) is 5.41 Å². The van der Waals surface area contributed by atoms with Crippen molar-refractivity contribution in [3.63, 3.8) is 0 Å². The Hall–Kier alpha value is -2.08. The molecular formula is C18H26N2O4. The van der Waals surface area contributed by atoms with E-state index in [0.29, 0.717) is 24.4 Å². The van der Waals surface area contributed by atoms with Gasteiger partial charge in [0, 0.05) is 24.1 Å². The van der Waals surface area contributed by atoms with E-state index >= 15 is 0 Å². The minimum absolute atomic E-state index is 0.0380. The summed E-state index contributed by atoms with van der Waals surface area (Å²) in [5.41, 5.74) is 0.278. The van der Waals surface area contributed by atoms with Crippen LogP contribution in [0.5, 0.6) is 5.75 Å². The number of likely N-dealkylation sites (tertiary alicyclic amines) is 1. The summed E-state index contributed by atoms with van der Waals surface area (Å²) >= 11 is 0. The van der Waals surface area contributed by atoms with Crippen LogP contribution in [0.4, 0.5) is 0 Å². The molecule has 0 aromatic heterocycles. The summed E-state index contributed by atoms with van der Waals surface area (Å²) in [6, 6.07) is 6.80. The average Bonchev–Trinajstić information content (AvgIpc) is 3.04. The van der Waals surface area contributed by atoms with Crippen molar-refractivity contribution in [3.8, 4) is 5.75 Å². The highest BCUT2D eigenvalue weighted by Gasteiger charge is 2.38. The minimum Gasteiger partial charge on any atom is -0.497 e. The van der Waals surface area contributed by atoms with Gasteiger partial charge >= 0.3 is 0 Å². The molecule has 0 radical (unpaired) electrons. The van der Waals surface area contributed by atoms with Gasteiger partial charge in [0.1, 0.15) is 5.75 Å². The summed E-state index contributed by atoms with van der Waals surface area (Å²) in [5, 5.41) is 12.3. The predicted octanol–water partition coefficient (Wildman–Crippen LogP) is 1.44. The molecular weight excluding hydrogens is 308 g/mol. The van der Waals surface area contributed by atoms with E-state index in [1.165, 1.54) is 7.11 Å². The van der Waals surface area contributed by atoms with Crippen LogP contribution in [0.25, 0.3) is 0 Å². The van der Waals surface area contributed by atoms with Gasteiger partial charge in [-0.3, -0.25) is 9.59 Å². The Balaban J connectivity index is 1.88. The van der Waals surface area contributed by atoms with Crippen molar-refractivity contribution in [3.05, 3.63) is 29.8 Å². The molecule has 0 aliphatic carbocycles. The number of carbonyl (C=O) groups is 2. The zero-order valence-corrected chi connectivity index (χ0v) is 14.4. The standard InChI is InChI=1S/C18H26N2O4/c1-3-7-18(13-21)8-9-20(12-18)16(22)11-19-17(23)14-5-4-6-15(10-14)24-2/h4-6,10,21H,3,7-9,11-13H2,1-2H3,(H,19,23). The van der Waals surface area contributed by atoms with Crippen LogP contribution in [0.2, 0.25) is 0 Å². The molecule has 1 aliphatic rings. The van der Waals surface area contributed by atoms with Crippen LogP contribution in [0.1, 0.15) is 36.5 Å². The largest absolute Gasteiger partial charge is 0.497 e. The van der Waals surface area contributed by atoms with Gasteiger partial charge in [-0.05, 0) is 31.0 Å². The van der Waals surface area contributed by atoms with Crippen molar-refractivity contribution in [1.82, 2.24) is 10.2 Å². The molecule has 2 amide bonds. The molecule has 1 heterocycles. The van der Waals surface area contributed by atoms with Crippen molar-refractivity contribution in [2.45, 2.75) is 26.2 Å². The lowest BCUT2D eigenvalue weighted by Crippen LogP contribution is -2.40. The molecule has 1 fully saturated rings. The number of nitrogens with one attached hydrogen (secondary N) is 1. The second-order valence-electron chi connectivity index (χ2n) is 6.39. The van der Waals surface area contributed by atoms with Gasteiger partial charge < -0.3 is 20.1 Å². The first-order valence-electron chi connectivity index (χ1n) is 8.34. The molecule has 6 nitrogen and oxygen atoms in total. The number of aliphatic hydroxyl groups is 1. The maximum Gasteiger partial charge on any atom is 0.251 e. The zero-order valence-electron chi connectivity index (χ0n) is 14.4. The van der Waals surface area contributed by atoms with E-state index < -0.39 is 0 Å². The Morgan fingerprint density at radius 1 is 1.42 bits per heavy atom. The third-order valence-electron chi connectivity index (χ3n) is 4.64. The van der Waals surface area contributed by atoms with E-state index in [9.17, 15) is 14.7 Å². The number of aliphatic hydroxyl groups excluding tert-OH is 1. The van der Waals surface area contributed by atoms with Gasteiger partial charge in [0.15, 0.2) is 0 Å². The lowest BCUT2D eigenvalue weighted by molar-refractivity contribution is -0.129. The highest BCUT2D eigenvalue weighted by molar-refractivity contribution is 5.96. The molecule has 1 unspecified atom stereocenters. The number of hydrogen-bond donors (Lipinski definition) is 2. The van der Waals surface area contributed by atoms with E-state index in [0.717, 1.165) is 19.3 Å². The number of hydrogen-bond acceptors (Lipinski definition) is 4. The molecule has 1 aromatic rings. The van der Waals surface area contributed by atoms with Gasteiger partial charge in [-0.15, -0.1) is 0 Å². The van der Waals surface area contributed by atoms with E-state index in [1.807, 2.05) is 0 Å². The highest BCUT2D eigenvalue weighted by Crippen LogP contribution is 2.34. The molecule has 1 atom stereocenters. The monoisotopic (exact) mass is 334 g/mol. The molecule has 0 spiro atoms. The average molecular weight is 334 g/mol. The smallest absolute Gasteiger partial charge is 0.251 e. The summed E-state index contributed by atoms with van der Waals surface area (Å²) < 4.78 is 5.09. The van der Waals surface area contributed by atoms with E-state index in [2.05, 4.69) is 12.2 Å². The molecule has 2 rings (SSSR count). The van der Waals surface area contributed by atoms with Crippen molar-refractivity contribution in [2.75, 3.05) is 33.4 Å². The molecule has 6 heteroatoms. The fourth-order valence-corrected chi connectivity index (χ4v) is 3.22. The summed E-state index contributed by atoms with van der Waals surface area (Å²) in [7, 11) is 1.54. The Morgan fingerprint density at radius 3 is 2.88 bits per heavy atom. The fourth-order valence-electron chi connectivity index (χ4n) is 3.22. The SMILES string of the molecule is CCCC1(CO)CCN(C(=O)CNC(=O)c2cccc(OC)c2)C1. The van der Waals surface area contributed by atoms with Crippen LogP contribution in [0.15, 0.2) is 24.3 Å². The van der Waals surface area contributed by atoms with Gasteiger partial charge in [-0.25, -0.2) is 0 Å². The number of benzene rings is 1. The lowest BCUT2D eigenvalue weighted by atomic mass is 9.83. The first-order chi connectivity index (χ1) is 11.5. The number of ether oxygens (including phenoxy) is 1. The Bertz CT molecular complexity index is 590. The summed E-state index contributed by atoms with van der Waals surface area (Å²) in [5.74, 6) is 0.182. The summed E-state index contributed by atoms with van der Waals surface area (Å²) in [6.07, 6.45) is 2.70. The maximum atomic E-state index is 12.3. The van der Waals surface area contributed by atoms with Crippen LogP contribution in [-0.4, -0.2) is 55.2 Å². The lowest BCUT2D eigenvalue weighted by Gasteiger charge is -2.26. The number of carbonyl (C=O) groups excluding carboxylic acids is 2. The second kappa shape index (κ2) is 8.15. The van der Waals surface area contributed by atoms with Gasteiger partial charge in [-0.2, -0.15) is 0 Å². The first-order valence-corrected chi connectivity index (χ1v) is 8.34. The first kappa shape index (κ1) is 18.3. The number of nitrogens with zero attached hydrogens (tertiary/aromatic N) is 1. The molecule has 0 saturated carbocycles. The topological polar surface area (TPSA) is 78.9 Å². The van der Waals surface area contributed by atoms with Crippen LogP contribution < -0.4 is 10.1 Å². The van der Waals surface area contributed by atoms with E-state index in [4.69, 9.17) is 4.74 Å². The second-order valence-corrected chi connectivity index (χ2v) is 6.39. The minimum atomic E-state index is -0.302. The predicted molar refractivity (Wildman–Crippen MR) is 91.0 cm³/mol. The molecule has 132 valence electrons. The fraction of sp³-hybridized carbons (Fsp3) is 0.556. The van der Waals surface area contributed by atoms with Crippen LogP contribution in [-0.2, 0) is 4.79 Å². The van der Waals surface area contributed by atoms with Crippen LogP contribution in [0, 0.1) is 5.41 Å². The number of rotatable bonds is 7. The maximum absolute atomic E-state index is 12.3. The zero-order chi connectivity index (χ0) is 17.6. The molecule has 1 aromatic carbocycles. The van der Waals surface area contributed by atoms with Crippen molar-refractivity contribution < 1.29 is 19.4 Å². The number of methoxy groups -OCH3 is 1. The molecule has 1 saturated heterocycles. The summed E-state index contributed by atoms with van der Waals surface area (Å²) in [6.45, 7) is 3.33. The molecule has 1 aliphatic heterocycles. The van der Waals surface area contributed by atoms with E-state index in [1.54, 1.807) is 29.2 Å². The number of amides is 2. The molecule has 2 N–H and O–H groups in total. The van der Waals surface area contributed by atoms with Gasteiger partial charge in [0.2, 0.25) is 5.91 Å². The normalized spacial score (nSPS) is 20.0. The van der Waals surface area contributed by atoms with Gasteiger partial charge in [-0.1, -0.05) is 19.4 Å². The third kappa shape index (κ3) is 4.26. The van der Waals surface area contributed by atoms with Crippen molar-refractivity contribution >= 4 is 11.8 Å². The van der Waals surface area contributed by atoms with Gasteiger partial charge in [0.05, 0.1) is 20.3 Å².